The van der Waals surface area contributed by atoms with Crippen LogP contribution in [0.5, 0.6) is 5.75 Å². The third kappa shape index (κ3) is 4.40. The molecule has 3 amide bonds. The third-order valence-electron chi connectivity index (χ3n) is 4.56. The first kappa shape index (κ1) is 16.6. The van der Waals surface area contributed by atoms with Crippen molar-refractivity contribution in [2.75, 3.05) is 33.3 Å². The predicted molar refractivity (Wildman–Crippen MR) is 91.0 cm³/mol. The Morgan fingerprint density at radius 2 is 1.75 bits per heavy atom. The van der Waals surface area contributed by atoms with Crippen molar-refractivity contribution in [2.24, 2.45) is 0 Å². The molecular weight excluding hydrogens is 306 g/mol. The monoisotopic (exact) mass is 331 g/mol. The van der Waals surface area contributed by atoms with Crippen LogP contribution in [0.2, 0.25) is 0 Å². The van der Waals surface area contributed by atoms with E-state index in [-0.39, 0.29) is 11.9 Å². The molecule has 1 N–H and O–H groups in total. The molecule has 0 aromatic heterocycles. The molecule has 24 heavy (non-hydrogen) atoms. The molecule has 0 radical (unpaired) electrons. The van der Waals surface area contributed by atoms with Crippen LogP contribution in [0.3, 0.4) is 0 Å². The van der Waals surface area contributed by atoms with E-state index < -0.39 is 0 Å². The minimum atomic E-state index is 0.0157. The lowest BCUT2D eigenvalue weighted by atomic mass is 10.1. The molecule has 0 atom stereocenters. The predicted octanol–water partition coefficient (Wildman–Crippen LogP) is 1.64. The van der Waals surface area contributed by atoms with Gasteiger partial charge in [-0.15, -0.1) is 0 Å². The summed E-state index contributed by atoms with van der Waals surface area (Å²) in [4.78, 5) is 28.3. The van der Waals surface area contributed by atoms with Gasteiger partial charge in [-0.3, -0.25) is 4.79 Å². The van der Waals surface area contributed by atoms with Crippen molar-refractivity contribution in [3.8, 4) is 5.75 Å². The van der Waals surface area contributed by atoms with Crippen molar-refractivity contribution < 1.29 is 14.3 Å². The Morgan fingerprint density at radius 3 is 2.42 bits per heavy atom. The number of urea groups is 1. The highest BCUT2D eigenvalue weighted by molar-refractivity contribution is 5.79. The Labute approximate surface area is 142 Å². The van der Waals surface area contributed by atoms with E-state index in [0.29, 0.717) is 38.6 Å². The topological polar surface area (TPSA) is 61.9 Å². The van der Waals surface area contributed by atoms with Crippen LogP contribution >= 0.6 is 0 Å². The molecule has 0 spiro atoms. The molecule has 0 bridgehead atoms. The second-order valence-corrected chi connectivity index (χ2v) is 6.47. The van der Waals surface area contributed by atoms with E-state index in [2.05, 4.69) is 5.32 Å². The van der Waals surface area contributed by atoms with E-state index in [4.69, 9.17) is 4.74 Å². The average Bonchev–Trinajstić information content (AvgIpc) is 3.41. The SMILES string of the molecule is COc1ccc(CC(=O)N2CCCN(C(=O)NC3CC3)CC2)cc1. The van der Waals surface area contributed by atoms with Crippen LogP contribution in [0.15, 0.2) is 24.3 Å². The average molecular weight is 331 g/mol. The van der Waals surface area contributed by atoms with E-state index in [1.807, 2.05) is 34.1 Å². The summed E-state index contributed by atoms with van der Waals surface area (Å²) in [6, 6.07) is 7.97. The van der Waals surface area contributed by atoms with E-state index in [1.165, 1.54) is 0 Å². The van der Waals surface area contributed by atoms with Crippen molar-refractivity contribution in [3.05, 3.63) is 29.8 Å². The molecule has 6 nitrogen and oxygen atoms in total. The lowest BCUT2D eigenvalue weighted by Crippen LogP contribution is -2.43. The van der Waals surface area contributed by atoms with Crippen LogP contribution in [0, 0.1) is 0 Å². The zero-order valence-electron chi connectivity index (χ0n) is 14.2. The summed E-state index contributed by atoms with van der Waals surface area (Å²) >= 11 is 0. The highest BCUT2D eigenvalue weighted by Crippen LogP contribution is 2.19. The van der Waals surface area contributed by atoms with Crippen LogP contribution in [0.1, 0.15) is 24.8 Å². The summed E-state index contributed by atoms with van der Waals surface area (Å²) in [5, 5.41) is 3.02. The van der Waals surface area contributed by atoms with Gasteiger partial charge in [0.15, 0.2) is 0 Å². The first-order valence-corrected chi connectivity index (χ1v) is 8.62. The highest BCUT2D eigenvalue weighted by atomic mass is 16.5. The van der Waals surface area contributed by atoms with Crippen LogP contribution < -0.4 is 10.1 Å². The molecule has 130 valence electrons. The van der Waals surface area contributed by atoms with E-state index in [1.54, 1.807) is 7.11 Å². The minimum Gasteiger partial charge on any atom is -0.497 e. The lowest BCUT2D eigenvalue weighted by molar-refractivity contribution is -0.130. The Morgan fingerprint density at radius 1 is 1.08 bits per heavy atom. The van der Waals surface area contributed by atoms with Crippen molar-refractivity contribution >= 4 is 11.9 Å². The van der Waals surface area contributed by atoms with Gasteiger partial charge >= 0.3 is 6.03 Å². The van der Waals surface area contributed by atoms with Gasteiger partial charge < -0.3 is 19.9 Å². The van der Waals surface area contributed by atoms with Gasteiger partial charge in [0.25, 0.3) is 0 Å². The van der Waals surface area contributed by atoms with Crippen LogP contribution in [0.25, 0.3) is 0 Å². The Kier molecular flexibility index (Phi) is 5.23. The van der Waals surface area contributed by atoms with Gasteiger partial charge in [0.05, 0.1) is 13.5 Å². The van der Waals surface area contributed by atoms with Gasteiger partial charge in [0.2, 0.25) is 5.91 Å². The molecule has 1 heterocycles. The van der Waals surface area contributed by atoms with Crippen molar-refractivity contribution in [3.63, 3.8) is 0 Å². The number of hydrogen-bond acceptors (Lipinski definition) is 3. The zero-order valence-corrected chi connectivity index (χ0v) is 14.2. The molecule has 6 heteroatoms. The summed E-state index contributed by atoms with van der Waals surface area (Å²) in [7, 11) is 1.63. The van der Waals surface area contributed by atoms with Gasteiger partial charge in [-0.1, -0.05) is 12.1 Å². The standard InChI is InChI=1S/C18H25N3O3/c1-24-16-7-3-14(4-8-16)13-17(22)20-9-2-10-21(12-11-20)18(23)19-15-5-6-15/h3-4,7-8,15H,2,5-6,9-13H2,1H3,(H,19,23). The number of carbonyl (C=O) groups is 2. The number of ether oxygens (including phenoxy) is 1. The number of amides is 3. The number of carbonyl (C=O) groups excluding carboxylic acids is 2. The number of methoxy groups -OCH3 is 1. The van der Waals surface area contributed by atoms with E-state index in [0.717, 1.165) is 30.6 Å². The molecule has 3 rings (SSSR count). The molecule has 2 fully saturated rings. The summed E-state index contributed by atoms with van der Waals surface area (Å²) in [6.45, 7) is 2.63. The summed E-state index contributed by atoms with van der Waals surface area (Å²) < 4.78 is 5.13. The largest absolute Gasteiger partial charge is 0.497 e. The van der Waals surface area contributed by atoms with E-state index >= 15 is 0 Å². The molecule has 1 aliphatic heterocycles. The third-order valence-corrected chi connectivity index (χ3v) is 4.56. The van der Waals surface area contributed by atoms with Crippen LogP contribution in [0.4, 0.5) is 4.79 Å². The fourth-order valence-corrected chi connectivity index (χ4v) is 2.89. The van der Waals surface area contributed by atoms with Gasteiger partial charge in [-0.05, 0) is 37.0 Å². The highest BCUT2D eigenvalue weighted by Gasteiger charge is 2.27. The van der Waals surface area contributed by atoms with E-state index in [9.17, 15) is 9.59 Å². The van der Waals surface area contributed by atoms with Crippen molar-refractivity contribution in [1.29, 1.82) is 0 Å². The normalized spacial score (nSPS) is 18.0. The van der Waals surface area contributed by atoms with Gasteiger partial charge in [0, 0.05) is 32.2 Å². The number of rotatable bonds is 4. The first-order chi connectivity index (χ1) is 11.7. The zero-order chi connectivity index (χ0) is 16.9. The maximum Gasteiger partial charge on any atom is 0.317 e. The molecule has 0 unspecified atom stereocenters. The summed E-state index contributed by atoms with van der Waals surface area (Å²) in [6.07, 6.45) is 3.39. The van der Waals surface area contributed by atoms with Gasteiger partial charge in [-0.25, -0.2) is 4.79 Å². The van der Waals surface area contributed by atoms with Gasteiger partial charge in [0.1, 0.15) is 5.75 Å². The second kappa shape index (κ2) is 7.55. The molecule has 1 saturated carbocycles. The number of benzene rings is 1. The Bertz CT molecular complexity index is 584. The molecule has 1 saturated heterocycles. The maximum atomic E-state index is 12.5. The second-order valence-electron chi connectivity index (χ2n) is 6.47. The Balaban J connectivity index is 1.50. The molecular formula is C18H25N3O3. The summed E-state index contributed by atoms with van der Waals surface area (Å²) in [5.41, 5.74) is 0.980. The van der Waals surface area contributed by atoms with Crippen molar-refractivity contribution in [2.45, 2.75) is 31.7 Å². The van der Waals surface area contributed by atoms with Crippen LogP contribution in [-0.4, -0.2) is 61.1 Å². The van der Waals surface area contributed by atoms with Crippen molar-refractivity contribution in [1.82, 2.24) is 15.1 Å². The number of nitrogens with one attached hydrogen (secondary N) is 1. The number of hydrogen-bond donors (Lipinski definition) is 1. The summed E-state index contributed by atoms with van der Waals surface area (Å²) in [5.74, 6) is 0.905. The molecule has 1 aromatic rings. The van der Waals surface area contributed by atoms with Crippen LogP contribution in [-0.2, 0) is 11.2 Å². The molecule has 1 aliphatic carbocycles. The maximum absolute atomic E-state index is 12.5. The molecule has 1 aromatic carbocycles. The Hall–Kier alpha value is -2.24. The van der Waals surface area contributed by atoms with Gasteiger partial charge in [-0.2, -0.15) is 0 Å². The lowest BCUT2D eigenvalue weighted by Gasteiger charge is -2.22. The number of nitrogens with zero attached hydrogens (tertiary/aromatic N) is 2. The first-order valence-electron chi connectivity index (χ1n) is 8.62. The smallest absolute Gasteiger partial charge is 0.317 e. The minimum absolute atomic E-state index is 0.0157. The quantitative estimate of drug-likeness (QED) is 0.912. The fraction of sp³-hybridized carbons (Fsp3) is 0.556. The molecule has 2 aliphatic rings. The fourth-order valence-electron chi connectivity index (χ4n) is 2.89.